The number of nitrogens with one attached hydrogen (secondary N) is 1. The summed E-state index contributed by atoms with van der Waals surface area (Å²) in [6.07, 6.45) is 0. The zero-order chi connectivity index (χ0) is 15.0. The Morgan fingerprint density at radius 3 is 2.43 bits per heavy atom. The molecule has 0 spiro atoms. The number of benzene rings is 2. The molecule has 0 amide bonds. The first-order chi connectivity index (χ1) is 9.95. The van der Waals surface area contributed by atoms with Crippen LogP contribution in [0.3, 0.4) is 0 Å². The molecule has 0 bridgehead atoms. The molecule has 108 valence electrons. The zero-order valence-electron chi connectivity index (χ0n) is 11.6. The van der Waals surface area contributed by atoms with Crippen molar-refractivity contribution in [3.8, 4) is 0 Å². The number of aromatic nitrogens is 1. The lowest BCUT2D eigenvalue weighted by Crippen LogP contribution is -2.12. The number of hydrogen-bond acceptors (Lipinski definition) is 4. The Morgan fingerprint density at radius 2 is 1.76 bits per heavy atom. The first-order valence-corrected chi connectivity index (χ1v) is 8.71. The summed E-state index contributed by atoms with van der Waals surface area (Å²) in [5.41, 5.74) is 2.89. The largest absolute Gasteiger partial charge is 0.263 e. The van der Waals surface area contributed by atoms with Gasteiger partial charge in [0.15, 0.2) is 5.13 Å². The molecule has 0 aliphatic heterocycles. The van der Waals surface area contributed by atoms with Crippen molar-refractivity contribution in [2.24, 2.45) is 0 Å². The lowest BCUT2D eigenvalue weighted by atomic mass is 10.2. The van der Waals surface area contributed by atoms with Gasteiger partial charge in [-0.2, -0.15) is 0 Å². The molecule has 1 N–H and O–H groups in total. The maximum atomic E-state index is 12.3. The van der Waals surface area contributed by atoms with E-state index in [2.05, 4.69) is 9.71 Å². The van der Waals surface area contributed by atoms with Gasteiger partial charge in [0.2, 0.25) is 0 Å². The molecule has 3 aromatic rings. The number of anilines is 1. The van der Waals surface area contributed by atoms with Gasteiger partial charge in [0, 0.05) is 0 Å². The van der Waals surface area contributed by atoms with E-state index < -0.39 is 10.0 Å². The third-order valence-electron chi connectivity index (χ3n) is 3.17. The summed E-state index contributed by atoms with van der Waals surface area (Å²) in [7, 11) is -3.59. The van der Waals surface area contributed by atoms with Crippen LogP contribution in [0.4, 0.5) is 5.13 Å². The standard InChI is InChI=1S/C15H14N2O2S2/c1-10-6-8-12(9-7-10)21(18,19)17-15-16-14-11(2)4-3-5-13(14)20-15/h3-9H,1-2H3,(H,16,17). The number of aryl methyl sites for hydroxylation is 2. The number of hydrogen-bond donors (Lipinski definition) is 1. The van der Waals surface area contributed by atoms with Crippen molar-refractivity contribution in [3.05, 3.63) is 53.6 Å². The molecule has 4 nitrogen and oxygen atoms in total. The Kier molecular flexibility index (Phi) is 3.43. The summed E-state index contributed by atoms with van der Waals surface area (Å²) in [4.78, 5) is 4.61. The average molecular weight is 318 g/mol. The van der Waals surface area contributed by atoms with Crippen molar-refractivity contribution in [2.45, 2.75) is 18.7 Å². The van der Waals surface area contributed by atoms with Gasteiger partial charge in [0.05, 0.1) is 15.1 Å². The van der Waals surface area contributed by atoms with E-state index in [0.717, 1.165) is 21.3 Å². The van der Waals surface area contributed by atoms with E-state index in [1.807, 2.05) is 32.0 Å². The molecule has 0 saturated heterocycles. The van der Waals surface area contributed by atoms with Crippen molar-refractivity contribution in [3.63, 3.8) is 0 Å². The van der Waals surface area contributed by atoms with E-state index in [0.29, 0.717) is 5.13 Å². The summed E-state index contributed by atoms with van der Waals surface area (Å²) in [6.45, 7) is 3.88. The molecule has 1 aromatic heterocycles. The number of para-hydroxylation sites is 1. The zero-order valence-corrected chi connectivity index (χ0v) is 13.3. The predicted octanol–water partition coefficient (Wildman–Crippen LogP) is 3.71. The van der Waals surface area contributed by atoms with Crippen molar-refractivity contribution in [2.75, 3.05) is 4.72 Å². The normalized spacial score (nSPS) is 11.7. The van der Waals surface area contributed by atoms with Crippen LogP contribution in [-0.2, 0) is 10.0 Å². The first-order valence-electron chi connectivity index (χ1n) is 6.41. The van der Waals surface area contributed by atoms with Crippen molar-refractivity contribution in [1.82, 2.24) is 4.98 Å². The number of nitrogens with zero attached hydrogens (tertiary/aromatic N) is 1. The smallest absolute Gasteiger partial charge is 0.255 e. The second-order valence-electron chi connectivity index (χ2n) is 4.86. The third kappa shape index (κ3) is 2.77. The van der Waals surface area contributed by atoms with Gasteiger partial charge in [-0.05, 0) is 37.6 Å². The molecule has 21 heavy (non-hydrogen) atoms. The minimum atomic E-state index is -3.59. The first kappa shape index (κ1) is 14.0. The van der Waals surface area contributed by atoms with Gasteiger partial charge in [-0.3, -0.25) is 4.72 Å². The highest BCUT2D eigenvalue weighted by Crippen LogP contribution is 2.29. The molecule has 1 heterocycles. The van der Waals surface area contributed by atoms with Crippen LogP contribution >= 0.6 is 11.3 Å². The predicted molar refractivity (Wildman–Crippen MR) is 86.3 cm³/mol. The van der Waals surface area contributed by atoms with Crippen LogP contribution in [0.15, 0.2) is 47.4 Å². The number of rotatable bonds is 3. The molecule has 3 rings (SSSR count). The Hall–Kier alpha value is -1.92. The Bertz CT molecular complexity index is 897. The average Bonchev–Trinajstić information content (AvgIpc) is 2.82. The van der Waals surface area contributed by atoms with Crippen molar-refractivity contribution < 1.29 is 8.42 Å². The molecule has 0 unspecified atom stereocenters. The lowest BCUT2D eigenvalue weighted by Gasteiger charge is -2.05. The van der Waals surface area contributed by atoms with Crippen LogP contribution in [0.25, 0.3) is 10.2 Å². The van der Waals surface area contributed by atoms with E-state index in [1.165, 1.54) is 11.3 Å². The maximum Gasteiger partial charge on any atom is 0.263 e. The highest BCUT2D eigenvalue weighted by atomic mass is 32.2. The summed E-state index contributed by atoms with van der Waals surface area (Å²) in [5, 5.41) is 0.389. The van der Waals surface area contributed by atoms with Crippen LogP contribution < -0.4 is 4.72 Å². The lowest BCUT2D eigenvalue weighted by molar-refractivity contribution is 0.601. The van der Waals surface area contributed by atoms with Gasteiger partial charge in [-0.25, -0.2) is 13.4 Å². The van der Waals surface area contributed by atoms with Gasteiger partial charge in [0.1, 0.15) is 0 Å². The van der Waals surface area contributed by atoms with Crippen molar-refractivity contribution >= 4 is 36.7 Å². The van der Waals surface area contributed by atoms with Crippen LogP contribution in [0, 0.1) is 13.8 Å². The van der Waals surface area contributed by atoms with Gasteiger partial charge < -0.3 is 0 Å². The van der Waals surface area contributed by atoms with Crippen LogP contribution in [-0.4, -0.2) is 13.4 Å². The molecule has 0 aliphatic carbocycles. The van der Waals surface area contributed by atoms with Crippen LogP contribution in [0.5, 0.6) is 0 Å². The fourth-order valence-electron chi connectivity index (χ4n) is 2.02. The van der Waals surface area contributed by atoms with Crippen LogP contribution in [0.2, 0.25) is 0 Å². The molecule has 0 saturated carbocycles. The topological polar surface area (TPSA) is 59.1 Å². The summed E-state index contributed by atoms with van der Waals surface area (Å²) < 4.78 is 28.2. The molecule has 0 aliphatic rings. The second-order valence-corrected chi connectivity index (χ2v) is 7.57. The Morgan fingerprint density at radius 1 is 1.05 bits per heavy atom. The van der Waals surface area contributed by atoms with E-state index >= 15 is 0 Å². The molecule has 0 fully saturated rings. The van der Waals surface area contributed by atoms with Gasteiger partial charge >= 0.3 is 0 Å². The van der Waals surface area contributed by atoms with E-state index in [4.69, 9.17) is 0 Å². The molecule has 6 heteroatoms. The van der Waals surface area contributed by atoms with E-state index in [-0.39, 0.29) is 4.90 Å². The number of sulfonamides is 1. The molecule has 0 atom stereocenters. The van der Waals surface area contributed by atoms with Crippen LogP contribution in [0.1, 0.15) is 11.1 Å². The second kappa shape index (κ2) is 5.13. The monoisotopic (exact) mass is 318 g/mol. The van der Waals surface area contributed by atoms with Gasteiger partial charge in [-0.15, -0.1) is 0 Å². The Labute approximate surface area is 127 Å². The quantitative estimate of drug-likeness (QED) is 0.801. The fraction of sp³-hybridized carbons (Fsp3) is 0.133. The highest BCUT2D eigenvalue weighted by molar-refractivity contribution is 7.93. The SMILES string of the molecule is Cc1ccc(S(=O)(=O)Nc2nc3c(C)cccc3s2)cc1. The minimum Gasteiger partial charge on any atom is -0.255 e. The fourth-order valence-corrected chi connectivity index (χ4v) is 4.20. The van der Waals surface area contributed by atoms with E-state index in [1.54, 1.807) is 24.3 Å². The number of thiazole rings is 1. The molecule has 0 radical (unpaired) electrons. The van der Waals surface area contributed by atoms with E-state index in [9.17, 15) is 8.42 Å². The van der Waals surface area contributed by atoms with Crippen molar-refractivity contribution in [1.29, 1.82) is 0 Å². The summed E-state index contributed by atoms with van der Waals surface area (Å²) in [5.74, 6) is 0. The molecular weight excluding hydrogens is 304 g/mol. The number of fused-ring (bicyclic) bond motifs is 1. The maximum absolute atomic E-state index is 12.3. The highest BCUT2D eigenvalue weighted by Gasteiger charge is 2.16. The van der Waals surface area contributed by atoms with Gasteiger partial charge in [-0.1, -0.05) is 41.2 Å². The Balaban J connectivity index is 1.97. The summed E-state index contributed by atoms with van der Waals surface area (Å²) in [6, 6.07) is 12.6. The summed E-state index contributed by atoms with van der Waals surface area (Å²) >= 11 is 1.33. The third-order valence-corrected chi connectivity index (χ3v) is 5.59. The van der Waals surface area contributed by atoms with Gasteiger partial charge in [0.25, 0.3) is 10.0 Å². The minimum absolute atomic E-state index is 0.240. The molecule has 2 aromatic carbocycles. The molecular formula is C15H14N2O2S2.